The Hall–Kier alpha value is -1.40. The molecule has 1 rings (SSSR count). The Balaban J connectivity index is 3.41. The van der Waals surface area contributed by atoms with Gasteiger partial charge in [-0.2, -0.15) is 0 Å². The largest absolute Gasteiger partial charge is 0.458 e. The van der Waals surface area contributed by atoms with Gasteiger partial charge in [0.25, 0.3) is 0 Å². The third-order valence-electron chi connectivity index (χ3n) is 7.49. The normalized spacial score (nSPS) is 34.1. The molecule has 216 valence electrons. The third kappa shape index (κ3) is 10.0. The molecule has 0 amide bonds. The first kappa shape index (κ1) is 33.6. The number of Topliss-reactive ketones (excluding diaryl/α,β-unsaturated/α-hetero) is 1. The summed E-state index contributed by atoms with van der Waals surface area (Å²) in [6.45, 7) is 6.79. The summed E-state index contributed by atoms with van der Waals surface area (Å²) >= 11 is 0. The van der Waals surface area contributed by atoms with Crippen LogP contribution in [0.3, 0.4) is 0 Å². The highest BCUT2D eigenvalue weighted by molar-refractivity contribution is 5.89. The van der Waals surface area contributed by atoms with Crippen molar-refractivity contribution >= 4 is 11.8 Å². The van der Waals surface area contributed by atoms with Crippen molar-refractivity contribution in [3.8, 4) is 0 Å². The Labute approximate surface area is 220 Å². The van der Waals surface area contributed by atoms with Crippen LogP contribution in [0.25, 0.3) is 0 Å². The predicted octanol–water partition coefficient (Wildman–Crippen LogP) is 1.55. The molecule has 0 bridgehead atoms. The second kappa shape index (κ2) is 15.9. The fraction of sp³-hybridized carbons (Fsp3) is 0.852. The van der Waals surface area contributed by atoms with E-state index in [9.17, 15) is 30.0 Å². The number of aliphatic hydroxyl groups is 4. The molecule has 10 nitrogen and oxygen atoms in total. The molecule has 10 heteroatoms. The molecule has 37 heavy (non-hydrogen) atoms. The van der Waals surface area contributed by atoms with Crippen molar-refractivity contribution in [3.05, 3.63) is 11.6 Å². The van der Waals surface area contributed by atoms with E-state index in [1.54, 1.807) is 13.8 Å². The van der Waals surface area contributed by atoms with Crippen LogP contribution in [0.1, 0.15) is 66.2 Å². The maximum absolute atomic E-state index is 13.2. The van der Waals surface area contributed by atoms with Gasteiger partial charge in [0, 0.05) is 59.5 Å². The number of cyclic esters (lactones) is 1. The number of hydrogen-bond acceptors (Lipinski definition) is 10. The van der Waals surface area contributed by atoms with Gasteiger partial charge in [-0.3, -0.25) is 9.59 Å². The number of aliphatic hydroxyl groups excluding tert-OH is 4. The molecule has 1 aliphatic rings. The zero-order valence-electron chi connectivity index (χ0n) is 23.4. The van der Waals surface area contributed by atoms with E-state index < -0.39 is 59.9 Å². The third-order valence-corrected chi connectivity index (χ3v) is 7.49. The molecule has 0 aliphatic carbocycles. The van der Waals surface area contributed by atoms with E-state index in [4.69, 9.17) is 18.9 Å². The van der Waals surface area contributed by atoms with Gasteiger partial charge in [-0.05, 0) is 18.9 Å². The molecule has 1 fully saturated rings. The summed E-state index contributed by atoms with van der Waals surface area (Å²) in [4.78, 5) is 26.1. The number of ketones is 1. The summed E-state index contributed by atoms with van der Waals surface area (Å²) in [6.07, 6.45) is -4.09. The van der Waals surface area contributed by atoms with Crippen molar-refractivity contribution in [2.24, 2.45) is 11.3 Å². The fourth-order valence-electron chi connectivity index (χ4n) is 4.57. The summed E-state index contributed by atoms with van der Waals surface area (Å²) in [5.41, 5.74) is -0.625. The topological polar surface area (TPSA) is 152 Å². The maximum Gasteiger partial charge on any atom is 0.309 e. The molecule has 1 heterocycles. The van der Waals surface area contributed by atoms with Gasteiger partial charge in [0.1, 0.15) is 12.2 Å². The smallest absolute Gasteiger partial charge is 0.309 e. The number of methoxy groups -OCH3 is 3. The van der Waals surface area contributed by atoms with E-state index >= 15 is 0 Å². The van der Waals surface area contributed by atoms with Crippen LogP contribution in [0.15, 0.2) is 11.6 Å². The molecule has 0 spiro atoms. The highest BCUT2D eigenvalue weighted by Gasteiger charge is 2.43. The van der Waals surface area contributed by atoms with Gasteiger partial charge >= 0.3 is 5.97 Å². The Morgan fingerprint density at radius 3 is 2.16 bits per heavy atom. The summed E-state index contributed by atoms with van der Waals surface area (Å²) in [7, 11) is 4.23. The molecule has 0 aromatic heterocycles. The average Bonchev–Trinajstić information content (AvgIpc) is 2.86. The van der Waals surface area contributed by atoms with Gasteiger partial charge in [0.05, 0.1) is 42.4 Å². The SMILES string of the molecule is CC[C@H](/C=C(/C)[C@@H]1C[C@@H](OC)C[C@H](O)C(C)(C)C(=O)[C@H](O)[C@H](OC)C[C@@H](O)C[C@@H](OC)CC(=O)O1)CO. The van der Waals surface area contributed by atoms with Crippen LogP contribution in [0.5, 0.6) is 0 Å². The van der Waals surface area contributed by atoms with E-state index in [1.807, 2.05) is 19.9 Å². The molecule has 1 aliphatic heterocycles. The molecule has 0 unspecified atom stereocenters. The van der Waals surface area contributed by atoms with Crippen LogP contribution in [0.4, 0.5) is 0 Å². The van der Waals surface area contributed by atoms with E-state index in [-0.39, 0.29) is 44.6 Å². The minimum absolute atomic E-state index is 0.0431. The van der Waals surface area contributed by atoms with Crippen LogP contribution in [-0.2, 0) is 28.5 Å². The molecule has 0 radical (unpaired) electrons. The quantitative estimate of drug-likeness (QED) is 0.281. The summed E-state index contributed by atoms with van der Waals surface area (Å²) in [5, 5.41) is 42.1. The first-order valence-electron chi connectivity index (χ1n) is 13.0. The first-order chi connectivity index (χ1) is 17.3. The zero-order chi connectivity index (χ0) is 28.3. The lowest BCUT2D eigenvalue weighted by Gasteiger charge is -2.36. The predicted molar refractivity (Wildman–Crippen MR) is 137 cm³/mol. The monoisotopic (exact) mass is 532 g/mol. The van der Waals surface area contributed by atoms with Crippen molar-refractivity contribution in [1.29, 1.82) is 0 Å². The van der Waals surface area contributed by atoms with E-state index in [2.05, 4.69) is 0 Å². The molecule has 0 saturated carbocycles. The zero-order valence-corrected chi connectivity index (χ0v) is 23.4. The lowest BCUT2D eigenvalue weighted by Crippen LogP contribution is -2.49. The standard InChI is InChI=1S/C27H48O10/c1-8-17(15-28)9-16(2)21-12-20(35-6)13-23(30)27(3,4)26(33)25(32)22(36-7)11-18(29)10-19(34-5)14-24(31)37-21/h9,17-23,25,28-30,32H,8,10-15H2,1-7H3/b16-9-/t17-,18+,19-,20-,21+,22-,23+,25-/m1/s1. The molecular formula is C27H48O10. The van der Waals surface area contributed by atoms with Crippen molar-refractivity contribution in [1.82, 2.24) is 0 Å². The van der Waals surface area contributed by atoms with Gasteiger partial charge < -0.3 is 39.4 Å². The van der Waals surface area contributed by atoms with Crippen LogP contribution < -0.4 is 0 Å². The number of esters is 1. The molecule has 4 N–H and O–H groups in total. The molecule has 0 aromatic carbocycles. The Bertz CT molecular complexity index is 733. The average molecular weight is 533 g/mol. The first-order valence-corrected chi connectivity index (χ1v) is 13.0. The van der Waals surface area contributed by atoms with Crippen LogP contribution in [0, 0.1) is 11.3 Å². The number of carbonyl (C=O) groups is 2. The van der Waals surface area contributed by atoms with E-state index in [0.717, 1.165) is 5.57 Å². The number of hydrogen-bond donors (Lipinski definition) is 4. The second-order valence-electron chi connectivity index (χ2n) is 10.6. The van der Waals surface area contributed by atoms with E-state index in [1.165, 1.54) is 21.3 Å². The minimum atomic E-state index is -1.58. The van der Waals surface area contributed by atoms with Gasteiger partial charge in [0.2, 0.25) is 0 Å². The summed E-state index contributed by atoms with van der Waals surface area (Å²) < 4.78 is 22.1. The molecular weight excluding hydrogens is 484 g/mol. The Morgan fingerprint density at radius 1 is 1.03 bits per heavy atom. The van der Waals surface area contributed by atoms with Crippen molar-refractivity contribution < 1.29 is 49.0 Å². The highest BCUT2D eigenvalue weighted by Crippen LogP contribution is 2.31. The number of carbonyl (C=O) groups excluding carboxylic acids is 2. The highest BCUT2D eigenvalue weighted by atomic mass is 16.6. The molecule has 0 aromatic rings. The fourth-order valence-corrected chi connectivity index (χ4v) is 4.57. The Kier molecular flexibility index (Phi) is 14.4. The molecule has 1 saturated heterocycles. The van der Waals surface area contributed by atoms with E-state index in [0.29, 0.717) is 6.42 Å². The van der Waals surface area contributed by atoms with Crippen LogP contribution in [0.2, 0.25) is 0 Å². The van der Waals surface area contributed by atoms with Crippen molar-refractivity contribution in [3.63, 3.8) is 0 Å². The summed E-state index contributed by atoms with van der Waals surface area (Å²) in [5.74, 6) is -1.26. The molecule has 8 atom stereocenters. The lowest BCUT2D eigenvalue weighted by molar-refractivity contribution is -0.155. The van der Waals surface area contributed by atoms with Gasteiger partial charge in [-0.15, -0.1) is 0 Å². The second-order valence-corrected chi connectivity index (χ2v) is 10.6. The van der Waals surface area contributed by atoms with Gasteiger partial charge in [0.15, 0.2) is 5.78 Å². The Morgan fingerprint density at radius 2 is 1.65 bits per heavy atom. The lowest BCUT2D eigenvalue weighted by atomic mass is 9.76. The van der Waals surface area contributed by atoms with Crippen molar-refractivity contribution in [2.45, 2.75) is 109 Å². The minimum Gasteiger partial charge on any atom is -0.458 e. The van der Waals surface area contributed by atoms with Crippen LogP contribution in [-0.4, -0.2) is 103 Å². The van der Waals surface area contributed by atoms with Crippen LogP contribution >= 0.6 is 0 Å². The number of rotatable bonds is 7. The summed E-state index contributed by atoms with van der Waals surface area (Å²) in [6, 6.07) is 0. The maximum atomic E-state index is 13.2. The van der Waals surface area contributed by atoms with Gasteiger partial charge in [-0.25, -0.2) is 0 Å². The van der Waals surface area contributed by atoms with Gasteiger partial charge in [-0.1, -0.05) is 26.8 Å². The van der Waals surface area contributed by atoms with Crippen molar-refractivity contribution in [2.75, 3.05) is 27.9 Å². The number of ether oxygens (including phenoxy) is 4.